The summed E-state index contributed by atoms with van der Waals surface area (Å²) in [7, 11) is 0. The molecule has 0 saturated carbocycles. The van der Waals surface area contributed by atoms with Crippen molar-refractivity contribution in [3.05, 3.63) is 64.7 Å². The smallest absolute Gasteiger partial charge is 0.124 e. The van der Waals surface area contributed by atoms with Crippen LogP contribution in [0.3, 0.4) is 0 Å². The fourth-order valence-corrected chi connectivity index (χ4v) is 4.14. The maximum atomic E-state index is 10.4. The van der Waals surface area contributed by atoms with Gasteiger partial charge in [-0.25, -0.2) is 0 Å². The number of hydrogen-bond acceptors (Lipinski definition) is 7. The van der Waals surface area contributed by atoms with Gasteiger partial charge in [-0.2, -0.15) is 0 Å². The third kappa shape index (κ3) is 4.92. The molecule has 1 unspecified atom stereocenters. The number of benzene rings is 2. The average Bonchev–Trinajstić information content (AvgIpc) is 3.28. The summed E-state index contributed by atoms with van der Waals surface area (Å²) in [4.78, 5) is 0. The lowest BCUT2D eigenvalue weighted by molar-refractivity contribution is -0.231. The van der Waals surface area contributed by atoms with Crippen LogP contribution in [0.25, 0.3) is 0 Å². The molecule has 0 spiro atoms. The van der Waals surface area contributed by atoms with Gasteiger partial charge in [-0.15, -0.1) is 0 Å². The zero-order valence-electron chi connectivity index (χ0n) is 17.6. The monoisotopic (exact) mass is 430 g/mol. The zero-order valence-corrected chi connectivity index (χ0v) is 17.6. The number of ether oxygens (including phenoxy) is 3. The van der Waals surface area contributed by atoms with E-state index in [9.17, 15) is 20.4 Å². The van der Waals surface area contributed by atoms with Gasteiger partial charge in [0.25, 0.3) is 0 Å². The first-order chi connectivity index (χ1) is 15.0. The van der Waals surface area contributed by atoms with Crippen LogP contribution in [0.1, 0.15) is 34.8 Å². The van der Waals surface area contributed by atoms with Crippen molar-refractivity contribution in [3.8, 4) is 5.75 Å². The lowest BCUT2D eigenvalue weighted by atomic mass is 9.89. The topological polar surface area (TPSA) is 109 Å². The Kier molecular flexibility index (Phi) is 6.91. The summed E-state index contributed by atoms with van der Waals surface area (Å²) < 4.78 is 17.0. The Morgan fingerprint density at radius 3 is 2.45 bits per heavy atom. The average molecular weight is 430 g/mol. The van der Waals surface area contributed by atoms with Crippen molar-refractivity contribution in [1.82, 2.24) is 0 Å². The third-order valence-corrected chi connectivity index (χ3v) is 6.10. The molecule has 2 aromatic carbocycles. The minimum atomic E-state index is -1.39. The van der Waals surface area contributed by atoms with Crippen molar-refractivity contribution in [2.75, 3.05) is 19.8 Å². The minimum Gasteiger partial charge on any atom is -0.488 e. The Morgan fingerprint density at radius 1 is 1.00 bits per heavy atom. The predicted octanol–water partition coefficient (Wildman–Crippen LogP) is 1.27. The number of aliphatic hydroxyl groups is 4. The quantitative estimate of drug-likeness (QED) is 0.547. The molecule has 0 radical (unpaired) electrons. The van der Waals surface area contributed by atoms with Crippen LogP contribution >= 0.6 is 0 Å². The van der Waals surface area contributed by atoms with Gasteiger partial charge in [0.2, 0.25) is 0 Å². The normalized spacial score (nSPS) is 31.0. The van der Waals surface area contributed by atoms with E-state index >= 15 is 0 Å². The highest BCUT2D eigenvalue weighted by molar-refractivity contribution is 5.38. The van der Waals surface area contributed by atoms with Crippen molar-refractivity contribution in [3.63, 3.8) is 0 Å². The van der Waals surface area contributed by atoms with Crippen LogP contribution in [0.2, 0.25) is 0 Å². The molecule has 0 bridgehead atoms. The molecule has 168 valence electrons. The van der Waals surface area contributed by atoms with Gasteiger partial charge >= 0.3 is 0 Å². The van der Waals surface area contributed by atoms with Gasteiger partial charge in [0.1, 0.15) is 42.4 Å². The number of aliphatic hydroxyl groups excluding tert-OH is 4. The number of rotatable bonds is 6. The highest BCUT2D eigenvalue weighted by atomic mass is 16.5. The van der Waals surface area contributed by atoms with Gasteiger partial charge in [0.15, 0.2) is 0 Å². The Hall–Kier alpha value is -2.00. The van der Waals surface area contributed by atoms with Crippen LogP contribution in [0.4, 0.5) is 0 Å². The maximum Gasteiger partial charge on any atom is 0.124 e. The molecule has 0 aliphatic carbocycles. The molecule has 0 aromatic heterocycles. The van der Waals surface area contributed by atoms with Crippen molar-refractivity contribution < 1.29 is 34.6 Å². The van der Waals surface area contributed by atoms with E-state index in [0.717, 1.165) is 35.5 Å². The van der Waals surface area contributed by atoms with E-state index in [1.165, 1.54) is 0 Å². The van der Waals surface area contributed by atoms with Crippen molar-refractivity contribution in [1.29, 1.82) is 0 Å². The van der Waals surface area contributed by atoms with Gasteiger partial charge < -0.3 is 34.6 Å². The highest BCUT2D eigenvalue weighted by Gasteiger charge is 2.43. The molecule has 4 rings (SSSR count). The van der Waals surface area contributed by atoms with Gasteiger partial charge in [-0.05, 0) is 47.7 Å². The zero-order chi connectivity index (χ0) is 22.0. The minimum absolute atomic E-state index is 0.114. The lowest BCUT2D eigenvalue weighted by Crippen LogP contribution is -2.55. The molecule has 2 saturated heterocycles. The first-order valence-electron chi connectivity index (χ1n) is 10.7. The second-order valence-electron chi connectivity index (χ2n) is 8.36. The Labute approximate surface area is 181 Å². The molecular weight excluding hydrogens is 400 g/mol. The first-order valence-corrected chi connectivity index (χ1v) is 10.7. The van der Waals surface area contributed by atoms with E-state index in [1.807, 2.05) is 49.4 Å². The standard InChI is InChI=1S/C24H30O7/c1-14-2-5-16(24-23(28)22(27)21(26)20(12-25)31-24)11-17(14)10-15-3-6-18(7-4-15)30-19-8-9-29-13-19/h2-7,11,19-28H,8-10,12-13H2,1H3/t19-,20+,21+,22?,23+,24-/m0/s1. The van der Waals surface area contributed by atoms with Crippen LogP contribution in [-0.4, -0.2) is 70.8 Å². The van der Waals surface area contributed by atoms with Crippen molar-refractivity contribution in [2.45, 2.75) is 56.4 Å². The van der Waals surface area contributed by atoms with Gasteiger partial charge in [0, 0.05) is 6.42 Å². The van der Waals surface area contributed by atoms with E-state index in [4.69, 9.17) is 14.2 Å². The second-order valence-corrected chi connectivity index (χ2v) is 8.36. The largest absolute Gasteiger partial charge is 0.488 e. The molecule has 2 fully saturated rings. The van der Waals surface area contributed by atoms with E-state index in [0.29, 0.717) is 18.6 Å². The number of hydrogen-bond donors (Lipinski definition) is 4. The van der Waals surface area contributed by atoms with Gasteiger partial charge in [-0.1, -0.05) is 30.3 Å². The summed E-state index contributed by atoms with van der Waals surface area (Å²) in [6.45, 7) is 2.95. The lowest BCUT2D eigenvalue weighted by Gasteiger charge is -2.40. The molecule has 2 aliphatic heterocycles. The molecule has 7 heteroatoms. The van der Waals surface area contributed by atoms with E-state index in [-0.39, 0.29) is 6.10 Å². The fraction of sp³-hybridized carbons (Fsp3) is 0.500. The fourth-order valence-electron chi connectivity index (χ4n) is 4.14. The summed E-state index contributed by atoms with van der Waals surface area (Å²) in [6, 6.07) is 13.7. The maximum absolute atomic E-state index is 10.4. The molecule has 0 amide bonds. The van der Waals surface area contributed by atoms with E-state index in [2.05, 4.69) is 0 Å². The Morgan fingerprint density at radius 2 is 1.77 bits per heavy atom. The van der Waals surface area contributed by atoms with Crippen LogP contribution in [0.15, 0.2) is 42.5 Å². The third-order valence-electron chi connectivity index (χ3n) is 6.10. The Bertz CT molecular complexity index is 861. The first kappa shape index (κ1) is 22.2. The predicted molar refractivity (Wildman–Crippen MR) is 113 cm³/mol. The second kappa shape index (κ2) is 9.65. The molecule has 6 atom stereocenters. The van der Waals surface area contributed by atoms with Gasteiger partial charge in [-0.3, -0.25) is 0 Å². The van der Waals surface area contributed by atoms with E-state index < -0.39 is 37.1 Å². The molecule has 4 N–H and O–H groups in total. The summed E-state index contributed by atoms with van der Waals surface area (Å²) in [6.07, 6.45) is -4.09. The molecule has 7 nitrogen and oxygen atoms in total. The SMILES string of the molecule is Cc1ccc([C@@H]2O[C@H](CO)[C@@H](O)C(O)[C@H]2O)cc1Cc1ccc(O[C@H]2CCOC2)cc1. The number of aryl methyl sites for hydroxylation is 1. The van der Waals surface area contributed by atoms with Crippen molar-refractivity contribution in [2.24, 2.45) is 0 Å². The molecule has 2 heterocycles. The van der Waals surface area contributed by atoms with Crippen LogP contribution in [-0.2, 0) is 15.9 Å². The summed E-state index contributed by atoms with van der Waals surface area (Å²) in [5.41, 5.74) is 3.96. The summed E-state index contributed by atoms with van der Waals surface area (Å²) in [5.74, 6) is 0.825. The molecule has 31 heavy (non-hydrogen) atoms. The van der Waals surface area contributed by atoms with Crippen LogP contribution < -0.4 is 4.74 Å². The van der Waals surface area contributed by atoms with Crippen LogP contribution in [0.5, 0.6) is 5.75 Å². The van der Waals surface area contributed by atoms with Gasteiger partial charge in [0.05, 0.1) is 19.8 Å². The summed E-state index contributed by atoms with van der Waals surface area (Å²) >= 11 is 0. The molecule has 2 aliphatic rings. The molecule has 2 aromatic rings. The Balaban J connectivity index is 1.49. The summed E-state index contributed by atoms with van der Waals surface area (Å²) in [5, 5.41) is 40.0. The van der Waals surface area contributed by atoms with Crippen molar-refractivity contribution >= 4 is 0 Å². The van der Waals surface area contributed by atoms with Crippen LogP contribution in [0, 0.1) is 6.92 Å². The highest BCUT2D eigenvalue weighted by Crippen LogP contribution is 2.33. The molecular formula is C24H30O7. The van der Waals surface area contributed by atoms with E-state index in [1.54, 1.807) is 0 Å².